The Balaban J connectivity index is 2.65. The Bertz CT molecular complexity index is 723. The molecule has 0 aromatic heterocycles. The third kappa shape index (κ3) is 11.0. The van der Waals surface area contributed by atoms with Gasteiger partial charge in [0.2, 0.25) is 0 Å². The lowest BCUT2D eigenvalue weighted by atomic mass is 10.1. The molecule has 0 N–H and O–H groups in total. The van der Waals surface area contributed by atoms with E-state index in [1.807, 2.05) is 6.07 Å². The zero-order chi connectivity index (χ0) is 22.1. The van der Waals surface area contributed by atoms with E-state index in [2.05, 4.69) is 55.2 Å². The Morgan fingerprint density at radius 2 is 1.55 bits per heavy atom. The molecule has 1 rings (SSSR count). The average molecular weight is 503 g/mol. The number of benzene rings is 1. The second kappa shape index (κ2) is 11.9. The molecule has 29 heavy (non-hydrogen) atoms. The first kappa shape index (κ1) is 25.8. The van der Waals surface area contributed by atoms with Crippen molar-refractivity contribution in [2.75, 3.05) is 26.8 Å². The molecule has 1 aromatic carbocycles. The van der Waals surface area contributed by atoms with Crippen LogP contribution in [0.3, 0.4) is 0 Å². The minimum Gasteiger partial charge on any atom is -0.466 e. The third-order valence-corrected chi connectivity index (χ3v) is 8.18. The van der Waals surface area contributed by atoms with E-state index < -0.39 is 22.1 Å². The molecule has 0 saturated heterocycles. The zero-order valence-electron chi connectivity index (χ0n) is 18.3. The van der Waals surface area contributed by atoms with Crippen molar-refractivity contribution in [2.45, 2.75) is 51.4 Å². The number of esters is 1. The number of carbonyl (C=O) groups is 1. The average Bonchev–Trinajstić information content (AvgIpc) is 2.60. The molecule has 0 atom stereocenters. The predicted molar refractivity (Wildman–Crippen MR) is 123 cm³/mol. The number of rotatable bonds is 12. The lowest BCUT2D eigenvalue weighted by Gasteiger charge is -2.16. The molecular formula is C20H32BrNO5Si2. The highest BCUT2D eigenvalue weighted by atomic mass is 79.9. The fraction of sp³-hybridized carbons (Fsp3) is 0.600. The standard InChI is InChI=1S/C20H32BrNO5Si2/c1-28(2,3)9-7-24-14-26-18-12-16(13-22)11-17(19(18)21)20(23)27-15-25-8-10-29(4,5)6/h11-12H,7-10,14-15H2,1-6H3. The molecule has 9 heteroatoms. The van der Waals surface area contributed by atoms with Crippen molar-refractivity contribution in [1.82, 2.24) is 0 Å². The minimum absolute atomic E-state index is 0.0479. The summed E-state index contributed by atoms with van der Waals surface area (Å²) in [4.78, 5) is 12.4. The Labute approximate surface area is 184 Å². The summed E-state index contributed by atoms with van der Waals surface area (Å²) in [5.41, 5.74) is 0.520. The van der Waals surface area contributed by atoms with Crippen molar-refractivity contribution < 1.29 is 23.7 Å². The second-order valence-corrected chi connectivity index (χ2v) is 21.2. The number of hydrogen-bond donors (Lipinski definition) is 0. The van der Waals surface area contributed by atoms with Crippen molar-refractivity contribution in [3.8, 4) is 11.8 Å². The van der Waals surface area contributed by atoms with Gasteiger partial charge in [-0.25, -0.2) is 4.79 Å². The maximum atomic E-state index is 12.4. The maximum absolute atomic E-state index is 12.4. The van der Waals surface area contributed by atoms with Gasteiger partial charge in [-0.15, -0.1) is 0 Å². The van der Waals surface area contributed by atoms with Gasteiger partial charge in [-0.1, -0.05) is 39.3 Å². The monoisotopic (exact) mass is 501 g/mol. The number of nitrogens with zero attached hydrogens (tertiary/aromatic N) is 1. The van der Waals surface area contributed by atoms with Gasteiger partial charge in [0.25, 0.3) is 0 Å². The van der Waals surface area contributed by atoms with Crippen molar-refractivity contribution in [1.29, 1.82) is 5.26 Å². The molecule has 6 nitrogen and oxygen atoms in total. The number of nitriles is 1. The van der Waals surface area contributed by atoms with Gasteiger partial charge in [0, 0.05) is 29.4 Å². The SMILES string of the molecule is C[Si](C)(C)CCOCOC(=O)c1cc(C#N)cc(OCOCC[Si](C)(C)C)c1Br. The van der Waals surface area contributed by atoms with Gasteiger partial charge >= 0.3 is 5.97 Å². The van der Waals surface area contributed by atoms with E-state index in [1.54, 1.807) is 6.07 Å². The third-order valence-electron chi connectivity index (χ3n) is 3.95. The van der Waals surface area contributed by atoms with Gasteiger partial charge < -0.3 is 18.9 Å². The zero-order valence-corrected chi connectivity index (χ0v) is 21.8. The minimum atomic E-state index is -1.19. The number of carbonyl (C=O) groups excluding carboxylic acids is 1. The summed E-state index contributed by atoms with van der Waals surface area (Å²) < 4.78 is 22.2. The quantitative estimate of drug-likeness (QED) is 0.163. The summed E-state index contributed by atoms with van der Waals surface area (Å²) >= 11 is 3.38. The fourth-order valence-electron chi connectivity index (χ4n) is 2.07. The molecule has 0 fully saturated rings. The van der Waals surface area contributed by atoms with Gasteiger partial charge in [0.15, 0.2) is 13.6 Å². The number of ether oxygens (including phenoxy) is 4. The van der Waals surface area contributed by atoms with Gasteiger partial charge in [0.05, 0.1) is 21.7 Å². The van der Waals surface area contributed by atoms with Crippen LogP contribution in [-0.4, -0.2) is 48.9 Å². The molecule has 162 valence electrons. The highest BCUT2D eigenvalue weighted by Gasteiger charge is 2.19. The van der Waals surface area contributed by atoms with E-state index in [0.717, 1.165) is 12.1 Å². The molecule has 0 aliphatic carbocycles. The normalized spacial score (nSPS) is 11.8. The molecule has 0 radical (unpaired) electrons. The lowest BCUT2D eigenvalue weighted by Crippen LogP contribution is -2.22. The molecule has 0 unspecified atom stereocenters. The van der Waals surface area contributed by atoms with Crippen LogP contribution in [0.2, 0.25) is 51.4 Å². The Morgan fingerprint density at radius 3 is 2.07 bits per heavy atom. The van der Waals surface area contributed by atoms with Crippen LogP contribution in [0.4, 0.5) is 0 Å². The number of hydrogen-bond acceptors (Lipinski definition) is 6. The smallest absolute Gasteiger partial charge is 0.341 e. The van der Waals surface area contributed by atoms with Crippen LogP contribution in [0.25, 0.3) is 0 Å². The van der Waals surface area contributed by atoms with E-state index in [-0.39, 0.29) is 19.1 Å². The molecule has 0 saturated carbocycles. The van der Waals surface area contributed by atoms with E-state index >= 15 is 0 Å². The molecule has 0 aliphatic heterocycles. The lowest BCUT2D eigenvalue weighted by molar-refractivity contribution is -0.0278. The van der Waals surface area contributed by atoms with Crippen molar-refractivity contribution in [3.63, 3.8) is 0 Å². The summed E-state index contributed by atoms with van der Waals surface area (Å²) in [7, 11) is -2.36. The first-order valence-electron chi connectivity index (χ1n) is 9.62. The van der Waals surface area contributed by atoms with Crippen LogP contribution in [0, 0.1) is 11.3 Å². The van der Waals surface area contributed by atoms with Crippen LogP contribution in [0.1, 0.15) is 15.9 Å². The van der Waals surface area contributed by atoms with Crippen LogP contribution in [0.5, 0.6) is 5.75 Å². The van der Waals surface area contributed by atoms with Crippen LogP contribution < -0.4 is 4.74 Å². The molecule has 0 aliphatic rings. The molecule has 0 spiro atoms. The largest absolute Gasteiger partial charge is 0.466 e. The summed E-state index contributed by atoms with van der Waals surface area (Å²) in [6.07, 6.45) is 0. The Hall–Kier alpha value is -1.19. The molecular weight excluding hydrogens is 470 g/mol. The van der Waals surface area contributed by atoms with Gasteiger partial charge in [-0.2, -0.15) is 5.26 Å². The summed E-state index contributed by atoms with van der Waals surface area (Å²) in [6.45, 7) is 14.7. The predicted octanol–water partition coefficient (Wildman–Crippen LogP) is 5.48. The van der Waals surface area contributed by atoms with E-state index in [1.165, 1.54) is 6.07 Å². The van der Waals surface area contributed by atoms with Gasteiger partial charge in [0.1, 0.15) is 5.75 Å². The fourth-order valence-corrected chi connectivity index (χ4v) is 4.09. The molecule has 1 aromatic rings. The van der Waals surface area contributed by atoms with E-state index in [0.29, 0.717) is 29.0 Å². The summed E-state index contributed by atoms with van der Waals surface area (Å²) in [5.74, 6) is -0.213. The second-order valence-electron chi connectivity index (χ2n) is 9.20. The highest BCUT2D eigenvalue weighted by molar-refractivity contribution is 9.10. The van der Waals surface area contributed by atoms with Crippen molar-refractivity contribution in [3.05, 3.63) is 27.7 Å². The summed E-state index contributed by atoms with van der Waals surface area (Å²) in [6, 6.07) is 7.09. The molecule has 0 heterocycles. The van der Waals surface area contributed by atoms with Gasteiger partial charge in [-0.3, -0.25) is 0 Å². The summed E-state index contributed by atoms with van der Waals surface area (Å²) in [5, 5.41) is 9.26. The molecule has 0 amide bonds. The first-order valence-corrected chi connectivity index (χ1v) is 17.8. The number of halogens is 1. The van der Waals surface area contributed by atoms with E-state index in [4.69, 9.17) is 18.9 Å². The van der Waals surface area contributed by atoms with Crippen molar-refractivity contribution >= 4 is 38.0 Å². The maximum Gasteiger partial charge on any atom is 0.341 e. The highest BCUT2D eigenvalue weighted by Crippen LogP contribution is 2.31. The van der Waals surface area contributed by atoms with E-state index in [9.17, 15) is 10.1 Å². The van der Waals surface area contributed by atoms with Gasteiger partial charge in [-0.05, 0) is 40.2 Å². The Kier molecular flexibility index (Phi) is 10.6. The van der Waals surface area contributed by atoms with Crippen LogP contribution in [-0.2, 0) is 14.2 Å². The van der Waals surface area contributed by atoms with Crippen LogP contribution in [0.15, 0.2) is 16.6 Å². The topological polar surface area (TPSA) is 77.8 Å². The molecule has 0 bridgehead atoms. The Morgan fingerprint density at radius 1 is 1.00 bits per heavy atom. The van der Waals surface area contributed by atoms with Crippen LogP contribution >= 0.6 is 15.9 Å². The van der Waals surface area contributed by atoms with Crippen molar-refractivity contribution in [2.24, 2.45) is 0 Å². The first-order chi connectivity index (χ1) is 13.4.